The van der Waals surface area contributed by atoms with E-state index < -0.39 is 0 Å². The van der Waals surface area contributed by atoms with Gasteiger partial charge in [-0.25, -0.2) is 4.98 Å². The molecule has 3 heterocycles. The molecule has 7 aromatic carbocycles. The maximum Gasteiger partial charge on any atom is 0.146 e. The lowest BCUT2D eigenvalue weighted by atomic mass is 9.98. The summed E-state index contributed by atoms with van der Waals surface area (Å²) in [6.45, 7) is 0. The molecule has 10 aromatic rings. The third-order valence-corrected chi connectivity index (χ3v) is 9.87. The van der Waals surface area contributed by atoms with Crippen LogP contribution in [0.3, 0.4) is 0 Å². The summed E-state index contributed by atoms with van der Waals surface area (Å²) >= 11 is 0. The third kappa shape index (κ3) is 4.56. The van der Waals surface area contributed by atoms with E-state index in [2.05, 4.69) is 197 Å². The highest BCUT2D eigenvalue weighted by Gasteiger charge is 2.20. The second-order valence-corrected chi connectivity index (χ2v) is 12.8. The smallest absolute Gasteiger partial charge is 0.146 e. The van der Waals surface area contributed by atoms with Crippen LogP contribution in [0.2, 0.25) is 0 Å². The Labute approximate surface area is 290 Å². The molecule has 3 heteroatoms. The van der Waals surface area contributed by atoms with Gasteiger partial charge in [0, 0.05) is 27.5 Å². The zero-order valence-corrected chi connectivity index (χ0v) is 27.2. The third-order valence-electron chi connectivity index (χ3n) is 9.87. The van der Waals surface area contributed by atoms with Crippen LogP contribution in [0.4, 0.5) is 0 Å². The number of hydrogen-bond donors (Lipinski definition) is 0. The predicted octanol–water partition coefficient (Wildman–Crippen LogP) is 12.3. The van der Waals surface area contributed by atoms with Crippen LogP contribution in [0.5, 0.6) is 0 Å². The lowest BCUT2D eigenvalue weighted by Gasteiger charge is -2.14. The van der Waals surface area contributed by atoms with Crippen molar-refractivity contribution in [2.45, 2.75) is 0 Å². The van der Waals surface area contributed by atoms with Crippen molar-refractivity contribution in [1.29, 1.82) is 0 Å². The van der Waals surface area contributed by atoms with Crippen LogP contribution in [0, 0.1) is 0 Å². The van der Waals surface area contributed by atoms with Gasteiger partial charge in [0.1, 0.15) is 5.65 Å². The largest absolute Gasteiger partial charge is 0.308 e. The fourth-order valence-corrected chi connectivity index (χ4v) is 7.57. The molecule has 0 saturated heterocycles. The molecular formula is C47H31N3. The number of para-hydroxylation sites is 2. The van der Waals surface area contributed by atoms with Crippen LogP contribution in [-0.2, 0) is 0 Å². The van der Waals surface area contributed by atoms with Gasteiger partial charge in [-0.05, 0) is 81.9 Å². The highest BCUT2D eigenvalue weighted by molar-refractivity contribution is 6.16. The van der Waals surface area contributed by atoms with E-state index in [1.807, 2.05) is 0 Å². The van der Waals surface area contributed by atoms with Gasteiger partial charge in [0.15, 0.2) is 0 Å². The normalized spacial score (nSPS) is 11.6. The van der Waals surface area contributed by atoms with Gasteiger partial charge in [-0.3, -0.25) is 4.57 Å². The molecule has 50 heavy (non-hydrogen) atoms. The molecule has 234 valence electrons. The van der Waals surface area contributed by atoms with E-state index in [1.165, 1.54) is 38.8 Å². The van der Waals surface area contributed by atoms with Gasteiger partial charge in [0.2, 0.25) is 0 Å². The van der Waals surface area contributed by atoms with Crippen LogP contribution in [-0.4, -0.2) is 14.1 Å². The van der Waals surface area contributed by atoms with E-state index in [-0.39, 0.29) is 0 Å². The van der Waals surface area contributed by atoms with Gasteiger partial charge in [-0.1, -0.05) is 140 Å². The molecule has 0 unspecified atom stereocenters. The van der Waals surface area contributed by atoms with Gasteiger partial charge in [0.25, 0.3) is 0 Å². The Hall–Kier alpha value is -6.71. The van der Waals surface area contributed by atoms with E-state index in [1.54, 1.807) is 0 Å². The zero-order chi connectivity index (χ0) is 33.0. The van der Waals surface area contributed by atoms with Crippen molar-refractivity contribution in [2.75, 3.05) is 0 Å². The van der Waals surface area contributed by atoms with Crippen molar-refractivity contribution in [3.05, 3.63) is 188 Å². The zero-order valence-electron chi connectivity index (χ0n) is 27.2. The maximum absolute atomic E-state index is 5.59. The second kappa shape index (κ2) is 11.5. The van der Waals surface area contributed by atoms with Crippen molar-refractivity contribution in [2.24, 2.45) is 0 Å². The second-order valence-electron chi connectivity index (χ2n) is 12.8. The highest BCUT2D eigenvalue weighted by Crippen LogP contribution is 2.39. The van der Waals surface area contributed by atoms with Crippen LogP contribution in [0.1, 0.15) is 0 Å². The van der Waals surface area contributed by atoms with E-state index >= 15 is 0 Å². The minimum Gasteiger partial charge on any atom is -0.308 e. The molecule has 0 saturated carbocycles. The predicted molar refractivity (Wildman–Crippen MR) is 209 cm³/mol. The summed E-state index contributed by atoms with van der Waals surface area (Å²) in [5.41, 5.74) is 14.6. The molecule has 0 fully saturated rings. The lowest BCUT2D eigenvalue weighted by molar-refractivity contribution is 1.14. The summed E-state index contributed by atoms with van der Waals surface area (Å²) in [6, 6.07) is 67.3. The maximum atomic E-state index is 5.59. The van der Waals surface area contributed by atoms with E-state index in [0.717, 1.165) is 49.9 Å². The van der Waals surface area contributed by atoms with Gasteiger partial charge in [-0.2, -0.15) is 0 Å². The molecule has 0 aliphatic rings. The molecule has 10 rings (SSSR count). The first-order valence-corrected chi connectivity index (χ1v) is 17.1. The molecule has 0 aliphatic carbocycles. The topological polar surface area (TPSA) is 22.8 Å². The van der Waals surface area contributed by atoms with E-state index in [0.29, 0.717) is 0 Å². The molecule has 0 bridgehead atoms. The van der Waals surface area contributed by atoms with Crippen LogP contribution < -0.4 is 0 Å². The molecule has 0 N–H and O–H groups in total. The van der Waals surface area contributed by atoms with Crippen molar-refractivity contribution in [3.63, 3.8) is 0 Å². The van der Waals surface area contributed by atoms with Crippen LogP contribution in [0.15, 0.2) is 188 Å². The summed E-state index contributed by atoms with van der Waals surface area (Å²) in [6.07, 6.45) is 0. The number of rotatable bonds is 5. The monoisotopic (exact) mass is 637 g/mol. The first-order valence-electron chi connectivity index (χ1n) is 17.1. The standard InChI is InChI=1S/C47H31N3/c1-4-15-32(16-5-1)35-21-14-22-38(28-35)49-44-26-13-11-24-41(44)46-45(49)31-42-40-23-10-12-25-43(40)50(47(42)48-46)39-29-36(33-17-6-2-7-18-33)27-37(30-39)34-19-8-3-9-20-34/h1-31H. The molecular weight excluding hydrogens is 607 g/mol. The Morgan fingerprint density at radius 3 is 1.44 bits per heavy atom. The van der Waals surface area contributed by atoms with Crippen molar-refractivity contribution in [1.82, 2.24) is 14.1 Å². The molecule has 0 radical (unpaired) electrons. The molecule has 0 aliphatic heterocycles. The Bertz CT molecular complexity index is 2790. The quantitative estimate of drug-likeness (QED) is 0.184. The number of fused-ring (bicyclic) bond motifs is 6. The number of pyridine rings is 1. The Morgan fingerprint density at radius 2 is 0.800 bits per heavy atom. The summed E-state index contributed by atoms with van der Waals surface area (Å²) in [7, 11) is 0. The van der Waals surface area contributed by atoms with Gasteiger partial charge < -0.3 is 4.57 Å². The fraction of sp³-hybridized carbons (Fsp3) is 0. The van der Waals surface area contributed by atoms with E-state index in [4.69, 9.17) is 4.98 Å². The van der Waals surface area contributed by atoms with Gasteiger partial charge in [0.05, 0.1) is 22.1 Å². The fourth-order valence-electron chi connectivity index (χ4n) is 7.57. The Kier molecular flexibility index (Phi) is 6.49. The first-order chi connectivity index (χ1) is 24.8. The SMILES string of the molecule is c1ccc(-c2cccc(-n3c4ccccc4c4nc5c(cc43)c3ccccc3n5-c3cc(-c4ccccc4)cc(-c4ccccc4)c3)c2)cc1. The average molecular weight is 638 g/mol. The van der Waals surface area contributed by atoms with E-state index in [9.17, 15) is 0 Å². The first kappa shape index (κ1) is 28.3. The summed E-state index contributed by atoms with van der Waals surface area (Å²) < 4.78 is 4.73. The Balaban J connectivity index is 1.27. The Morgan fingerprint density at radius 1 is 0.300 bits per heavy atom. The summed E-state index contributed by atoms with van der Waals surface area (Å²) in [5, 5.41) is 3.44. The minimum absolute atomic E-state index is 0.948. The highest BCUT2D eigenvalue weighted by atomic mass is 15.1. The minimum atomic E-state index is 0.948. The number of hydrogen-bond acceptors (Lipinski definition) is 1. The van der Waals surface area contributed by atoms with Crippen molar-refractivity contribution >= 4 is 43.9 Å². The molecule has 0 atom stereocenters. The number of aromatic nitrogens is 3. The summed E-state index contributed by atoms with van der Waals surface area (Å²) in [4.78, 5) is 5.59. The number of nitrogens with zero attached hydrogens (tertiary/aromatic N) is 3. The lowest BCUT2D eigenvalue weighted by Crippen LogP contribution is -1.98. The molecule has 3 nitrogen and oxygen atoms in total. The number of benzene rings is 7. The van der Waals surface area contributed by atoms with Crippen molar-refractivity contribution in [3.8, 4) is 44.8 Å². The van der Waals surface area contributed by atoms with Gasteiger partial charge >= 0.3 is 0 Å². The van der Waals surface area contributed by atoms with Crippen LogP contribution >= 0.6 is 0 Å². The van der Waals surface area contributed by atoms with Crippen molar-refractivity contribution < 1.29 is 0 Å². The molecule has 0 spiro atoms. The van der Waals surface area contributed by atoms with Crippen LogP contribution in [0.25, 0.3) is 88.6 Å². The van der Waals surface area contributed by atoms with Gasteiger partial charge in [-0.15, -0.1) is 0 Å². The molecule has 3 aromatic heterocycles. The average Bonchev–Trinajstić information content (AvgIpc) is 3.70. The summed E-state index contributed by atoms with van der Waals surface area (Å²) in [5.74, 6) is 0. The molecule has 0 amide bonds.